The van der Waals surface area contributed by atoms with E-state index in [1.165, 1.54) is 6.07 Å². The molecule has 1 amide bonds. The van der Waals surface area contributed by atoms with Crippen molar-refractivity contribution in [1.82, 2.24) is 0 Å². The number of nitrogens with one attached hydrogen (secondary N) is 1. The van der Waals surface area contributed by atoms with E-state index < -0.39 is 23.5 Å². The minimum atomic E-state index is -0.817. The Labute approximate surface area is 142 Å². The number of halogens is 4. The van der Waals surface area contributed by atoms with Crippen LogP contribution in [0.15, 0.2) is 47.0 Å². The molecule has 1 unspecified atom stereocenters. The SMILES string of the molecule is CC(C(=O)Nc1ccc(F)cc1F)c1ccc(C=C(Cl)Cl)cc1. The lowest BCUT2D eigenvalue weighted by Gasteiger charge is -2.13. The molecule has 0 aromatic heterocycles. The minimum Gasteiger partial charge on any atom is -0.323 e. The highest BCUT2D eigenvalue weighted by Gasteiger charge is 2.17. The van der Waals surface area contributed by atoms with Gasteiger partial charge in [0.2, 0.25) is 5.91 Å². The molecule has 1 atom stereocenters. The van der Waals surface area contributed by atoms with Crippen LogP contribution in [-0.4, -0.2) is 5.91 Å². The van der Waals surface area contributed by atoms with E-state index >= 15 is 0 Å². The van der Waals surface area contributed by atoms with E-state index in [4.69, 9.17) is 23.2 Å². The number of benzene rings is 2. The minimum absolute atomic E-state index is 0.0586. The van der Waals surface area contributed by atoms with E-state index in [0.29, 0.717) is 0 Å². The summed E-state index contributed by atoms with van der Waals surface area (Å²) in [4.78, 5) is 12.2. The van der Waals surface area contributed by atoms with Crippen LogP contribution in [0.25, 0.3) is 6.08 Å². The molecule has 23 heavy (non-hydrogen) atoms. The Hall–Kier alpha value is -1.91. The Morgan fingerprint density at radius 1 is 1.13 bits per heavy atom. The predicted octanol–water partition coefficient (Wildman–Crippen LogP) is 5.48. The second kappa shape index (κ2) is 7.57. The van der Waals surface area contributed by atoms with Crippen molar-refractivity contribution < 1.29 is 13.6 Å². The third kappa shape index (κ3) is 4.78. The Kier molecular flexibility index (Phi) is 5.74. The first-order valence-corrected chi connectivity index (χ1v) is 7.51. The van der Waals surface area contributed by atoms with Gasteiger partial charge >= 0.3 is 0 Å². The van der Waals surface area contributed by atoms with Crippen molar-refractivity contribution in [3.8, 4) is 0 Å². The Morgan fingerprint density at radius 2 is 1.78 bits per heavy atom. The van der Waals surface area contributed by atoms with Crippen LogP contribution in [0.2, 0.25) is 0 Å². The van der Waals surface area contributed by atoms with E-state index in [1.54, 1.807) is 37.3 Å². The van der Waals surface area contributed by atoms with Crippen LogP contribution < -0.4 is 5.32 Å². The van der Waals surface area contributed by atoms with Crippen LogP contribution in [-0.2, 0) is 4.79 Å². The van der Waals surface area contributed by atoms with E-state index in [0.717, 1.165) is 23.3 Å². The van der Waals surface area contributed by atoms with Crippen LogP contribution in [0.4, 0.5) is 14.5 Å². The molecule has 6 heteroatoms. The monoisotopic (exact) mass is 355 g/mol. The lowest BCUT2D eigenvalue weighted by atomic mass is 9.99. The van der Waals surface area contributed by atoms with Gasteiger partial charge in [0.1, 0.15) is 16.1 Å². The van der Waals surface area contributed by atoms with Crippen molar-refractivity contribution in [2.24, 2.45) is 0 Å². The van der Waals surface area contributed by atoms with Crippen molar-refractivity contribution in [2.75, 3.05) is 5.32 Å². The largest absolute Gasteiger partial charge is 0.323 e. The molecule has 0 bridgehead atoms. The second-order valence-corrected chi connectivity index (χ2v) is 5.94. The highest BCUT2D eigenvalue weighted by Crippen LogP contribution is 2.22. The van der Waals surface area contributed by atoms with Gasteiger partial charge in [-0.05, 0) is 36.3 Å². The summed E-state index contributed by atoms with van der Waals surface area (Å²) in [5, 5.41) is 2.45. The molecule has 0 aliphatic carbocycles. The molecule has 0 aliphatic rings. The van der Waals surface area contributed by atoms with Gasteiger partial charge < -0.3 is 5.32 Å². The summed E-state index contributed by atoms with van der Waals surface area (Å²) in [5.74, 6) is -2.42. The van der Waals surface area contributed by atoms with Gasteiger partial charge in [-0.2, -0.15) is 0 Å². The van der Waals surface area contributed by atoms with Crippen molar-refractivity contribution >= 4 is 40.9 Å². The molecule has 1 N–H and O–H groups in total. The molecular formula is C17H13Cl2F2NO. The normalized spacial score (nSPS) is 11.7. The maximum Gasteiger partial charge on any atom is 0.231 e. The smallest absolute Gasteiger partial charge is 0.231 e. The number of amides is 1. The lowest BCUT2D eigenvalue weighted by Crippen LogP contribution is -2.19. The number of hydrogen-bond acceptors (Lipinski definition) is 1. The van der Waals surface area contributed by atoms with Crippen molar-refractivity contribution in [3.63, 3.8) is 0 Å². The summed E-state index contributed by atoms with van der Waals surface area (Å²) in [7, 11) is 0. The van der Waals surface area contributed by atoms with Gasteiger partial charge in [-0.3, -0.25) is 4.79 Å². The van der Waals surface area contributed by atoms with Crippen LogP contribution in [0.5, 0.6) is 0 Å². The summed E-state index contributed by atoms with van der Waals surface area (Å²) in [6.07, 6.45) is 1.57. The third-order valence-electron chi connectivity index (χ3n) is 3.29. The van der Waals surface area contributed by atoms with Gasteiger partial charge in [0.05, 0.1) is 11.6 Å². The van der Waals surface area contributed by atoms with Crippen LogP contribution >= 0.6 is 23.2 Å². The molecule has 2 rings (SSSR count). The average Bonchev–Trinajstić information content (AvgIpc) is 2.49. The highest BCUT2D eigenvalue weighted by molar-refractivity contribution is 6.57. The predicted molar refractivity (Wildman–Crippen MR) is 89.5 cm³/mol. The maximum atomic E-state index is 13.6. The number of carbonyl (C=O) groups is 1. The number of anilines is 1. The number of carbonyl (C=O) groups excluding carboxylic acids is 1. The molecule has 0 saturated carbocycles. The van der Waals surface area contributed by atoms with Gasteiger partial charge in [-0.25, -0.2) is 8.78 Å². The summed E-state index contributed by atoms with van der Waals surface area (Å²) >= 11 is 11.2. The lowest BCUT2D eigenvalue weighted by molar-refractivity contribution is -0.117. The molecule has 2 aromatic rings. The summed E-state index contributed by atoms with van der Waals surface area (Å²) in [6, 6.07) is 10.0. The molecule has 0 aliphatic heterocycles. The Bertz CT molecular complexity index is 741. The molecule has 2 aromatic carbocycles. The maximum absolute atomic E-state index is 13.6. The van der Waals surface area contributed by atoms with E-state index in [1.807, 2.05) is 0 Å². The summed E-state index contributed by atoms with van der Waals surface area (Å²) in [6.45, 7) is 1.69. The second-order valence-electron chi connectivity index (χ2n) is 4.94. The average molecular weight is 356 g/mol. The van der Waals surface area contributed by atoms with Crippen LogP contribution in [0.1, 0.15) is 24.0 Å². The standard InChI is InChI=1S/C17H13Cl2F2NO/c1-10(12-4-2-11(3-5-12)8-16(18)19)17(23)22-15-7-6-13(20)9-14(15)21/h2-10H,1H3,(H,22,23). The van der Waals surface area contributed by atoms with Gasteiger partial charge in [0, 0.05) is 6.07 Å². The van der Waals surface area contributed by atoms with Gasteiger partial charge in [-0.15, -0.1) is 0 Å². The molecular weight excluding hydrogens is 343 g/mol. The van der Waals surface area contributed by atoms with Crippen LogP contribution in [0.3, 0.4) is 0 Å². The van der Waals surface area contributed by atoms with Crippen molar-refractivity contribution in [1.29, 1.82) is 0 Å². The first-order valence-electron chi connectivity index (χ1n) is 6.75. The highest BCUT2D eigenvalue weighted by atomic mass is 35.5. The molecule has 0 radical (unpaired) electrons. The zero-order valence-electron chi connectivity index (χ0n) is 12.1. The Balaban J connectivity index is 2.11. The van der Waals surface area contributed by atoms with Gasteiger partial charge in [-0.1, -0.05) is 47.5 Å². The molecule has 0 saturated heterocycles. The fourth-order valence-electron chi connectivity index (χ4n) is 1.99. The van der Waals surface area contributed by atoms with E-state index in [2.05, 4.69) is 5.32 Å². The first kappa shape index (κ1) is 17.4. The van der Waals surface area contributed by atoms with Crippen molar-refractivity contribution in [2.45, 2.75) is 12.8 Å². The summed E-state index contributed by atoms with van der Waals surface area (Å²) in [5.41, 5.74) is 1.48. The topological polar surface area (TPSA) is 29.1 Å². The van der Waals surface area contributed by atoms with E-state index in [9.17, 15) is 13.6 Å². The van der Waals surface area contributed by atoms with Crippen molar-refractivity contribution in [3.05, 3.63) is 69.7 Å². The first-order chi connectivity index (χ1) is 10.9. The molecule has 2 nitrogen and oxygen atoms in total. The third-order valence-corrected chi connectivity index (χ3v) is 3.51. The molecule has 0 fully saturated rings. The molecule has 120 valence electrons. The Morgan fingerprint density at radius 3 is 2.35 bits per heavy atom. The van der Waals surface area contributed by atoms with E-state index in [-0.39, 0.29) is 10.2 Å². The number of rotatable bonds is 4. The zero-order chi connectivity index (χ0) is 17.0. The fourth-order valence-corrected chi connectivity index (χ4v) is 2.24. The van der Waals surface area contributed by atoms with Gasteiger partial charge in [0.15, 0.2) is 0 Å². The number of hydrogen-bond donors (Lipinski definition) is 1. The zero-order valence-corrected chi connectivity index (χ0v) is 13.6. The summed E-state index contributed by atoms with van der Waals surface area (Å²) < 4.78 is 26.6. The molecule has 0 heterocycles. The fraction of sp³-hybridized carbons (Fsp3) is 0.118. The van der Waals surface area contributed by atoms with Gasteiger partial charge in [0.25, 0.3) is 0 Å². The quantitative estimate of drug-likeness (QED) is 0.772. The van der Waals surface area contributed by atoms with Crippen LogP contribution in [0, 0.1) is 11.6 Å². The molecule has 0 spiro atoms.